The molecule has 0 bridgehead atoms. The van der Waals surface area contributed by atoms with Crippen LogP contribution in [-0.2, 0) is 6.54 Å². The summed E-state index contributed by atoms with van der Waals surface area (Å²) >= 11 is 1.01. The Labute approximate surface area is 103 Å². The molecule has 0 aromatic carbocycles. The molecule has 7 heteroatoms. The summed E-state index contributed by atoms with van der Waals surface area (Å²) in [5.41, 5.74) is 0.758. The van der Waals surface area contributed by atoms with Gasteiger partial charge >= 0.3 is 0 Å². The van der Waals surface area contributed by atoms with Gasteiger partial charge < -0.3 is 4.74 Å². The van der Waals surface area contributed by atoms with E-state index >= 15 is 0 Å². The lowest BCUT2D eigenvalue weighted by Crippen LogP contribution is -2.12. The first-order valence-electron chi connectivity index (χ1n) is 5.20. The second kappa shape index (κ2) is 5.05. The molecule has 0 saturated heterocycles. The van der Waals surface area contributed by atoms with E-state index in [-0.39, 0.29) is 5.78 Å². The molecule has 0 aliphatic rings. The van der Waals surface area contributed by atoms with Crippen molar-refractivity contribution >= 4 is 17.5 Å². The number of aryl methyl sites for hydroxylation is 1. The van der Waals surface area contributed by atoms with Gasteiger partial charge in [-0.05, 0) is 6.42 Å². The molecule has 0 radical (unpaired) electrons. The van der Waals surface area contributed by atoms with E-state index in [4.69, 9.17) is 4.74 Å². The standard InChI is InChI=1S/C10H12N4O2S/c1-3-4-14-9(8(16-2)6-11-14)10(15)7-5-12-17-13-7/h5-6H,3-4H2,1-2H3. The molecule has 6 nitrogen and oxygen atoms in total. The molecule has 0 aliphatic carbocycles. The van der Waals surface area contributed by atoms with Crippen molar-refractivity contribution in [3.8, 4) is 5.75 Å². The summed E-state index contributed by atoms with van der Waals surface area (Å²) in [6.45, 7) is 2.69. The van der Waals surface area contributed by atoms with E-state index in [1.165, 1.54) is 13.3 Å². The Morgan fingerprint density at radius 1 is 1.53 bits per heavy atom. The van der Waals surface area contributed by atoms with Gasteiger partial charge in [-0.2, -0.15) is 13.8 Å². The van der Waals surface area contributed by atoms with E-state index in [0.717, 1.165) is 18.1 Å². The van der Waals surface area contributed by atoms with Gasteiger partial charge in [0.2, 0.25) is 5.78 Å². The molecule has 0 spiro atoms. The number of ketones is 1. The summed E-state index contributed by atoms with van der Waals surface area (Å²) in [5, 5.41) is 4.13. The summed E-state index contributed by atoms with van der Waals surface area (Å²) in [4.78, 5) is 12.2. The second-order valence-corrected chi connectivity index (χ2v) is 3.96. The summed E-state index contributed by atoms with van der Waals surface area (Å²) in [6.07, 6.45) is 3.89. The molecule has 90 valence electrons. The molecular weight excluding hydrogens is 240 g/mol. The van der Waals surface area contributed by atoms with Crippen LogP contribution in [0.3, 0.4) is 0 Å². The van der Waals surface area contributed by atoms with Crippen LogP contribution in [0.1, 0.15) is 29.5 Å². The van der Waals surface area contributed by atoms with E-state index in [2.05, 4.69) is 13.8 Å². The topological polar surface area (TPSA) is 69.9 Å². The quantitative estimate of drug-likeness (QED) is 0.752. The average molecular weight is 252 g/mol. The van der Waals surface area contributed by atoms with E-state index in [1.54, 1.807) is 10.9 Å². The predicted molar refractivity (Wildman–Crippen MR) is 62.4 cm³/mol. The Morgan fingerprint density at radius 3 is 2.94 bits per heavy atom. The Hall–Kier alpha value is -1.76. The van der Waals surface area contributed by atoms with E-state index < -0.39 is 0 Å². The fourth-order valence-corrected chi connectivity index (χ4v) is 1.93. The number of ether oxygens (including phenoxy) is 1. The van der Waals surface area contributed by atoms with Crippen molar-refractivity contribution in [2.24, 2.45) is 0 Å². The lowest BCUT2D eigenvalue weighted by Gasteiger charge is -2.05. The zero-order valence-electron chi connectivity index (χ0n) is 9.58. The normalized spacial score (nSPS) is 10.5. The molecule has 0 atom stereocenters. The highest BCUT2D eigenvalue weighted by molar-refractivity contribution is 6.99. The summed E-state index contributed by atoms with van der Waals surface area (Å²) < 4.78 is 14.5. The maximum Gasteiger partial charge on any atom is 0.235 e. The fraction of sp³-hybridized carbons (Fsp3) is 0.400. The van der Waals surface area contributed by atoms with Gasteiger partial charge in [-0.1, -0.05) is 6.92 Å². The number of carbonyl (C=O) groups is 1. The van der Waals surface area contributed by atoms with Gasteiger partial charge in [0, 0.05) is 6.54 Å². The highest BCUT2D eigenvalue weighted by atomic mass is 32.1. The van der Waals surface area contributed by atoms with E-state index in [9.17, 15) is 4.79 Å². The van der Waals surface area contributed by atoms with Crippen LogP contribution in [-0.4, -0.2) is 31.4 Å². The minimum atomic E-state index is -0.207. The molecule has 0 saturated carbocycles. The molecule has 2 heterocycles. The molecule has 2 rings (SSSR count). The van der Waals surface area contributed by atoms with Gasteiger partial charge in [0.15, 0.2) is 11.4 Å². The highest BCUT2D eigenvalue weighted by Crippen LogP contribution is 2.20. The molecule has 0 fully saturated rings. The molecule has 17 heavy (non-hydrogen) atoms. The molecule has 0 N–H and O–H groups in total. The largest absolute Gasteiger partial charge is 0.493 e. The molecule has 2 aromatic rings. The zero-order chi connectivity index (χ0) is 12.3. The van der Waals surface area contributed by atoms with Crippen LogP contribution in [0.25, 0.3) is 0 Å². The summed E-state index contributed by atoms with van der Waals surface area (Å²) in [6, 6.07) is 0. The van der Waals surface area contributed by atoms with Crippen LogP contribution in [0.4, 0.5) is 0 Å². The second-order valence-electron chi connectivity index (χ2n) is 3.41. The third-order valence-electron chi connectivity index (χ3n) is 2.27. The van der Waals surface area contributed by atoms with E-state index in [0.29, 0.717) is 23.7 Å². The number of aromatic nitrogens is 4. The molecule has 0 aliphatic heterocycles. The van der Waals surface area contributed by atoms with Crippen molar-refractivity contribution in [3.05, 3.63) is 23.8 Å². The van der Waals surface area contributed by atoms with E-state index in [1.807, 2.05) is 6.92 Å². The van der Waals surface area contributed by atoms with Gasteiger partial charge in [-0.15, -0.1) is 0 Å². The Bertz CT molecular complexity index is 506. The molecular formula is C10H12N4O2S. The number of carbonyl (C=O) groups excluding carboxylic acids is 1. The van der Waals surface area contributed by atoms with Crippen LogP contribution in [0.2, 0.25) is 0 Å². The minimum Gasteiger partial charge on any atom is -0.493 e. The molecule has 2 aromatic heterocycles. The lowest BCUT2D eigenvalue weighted by molar-refractivity contribution is 0.102. The van der Waals surface area contributed by atoms with Crippen LogP contribution in [0, 0.1) is 0 Å². The average Bonchev–Trinajstić information content (AvgIpc) is 2.97. The monoisotopic (exact) mass is 252 g/mol. The van der Waals surface area contributed by atoms with Gasteiger partial charge in [-0.3, -0.25) is 9.48 Å². The minimum absolute atomic E-state index is 0.207. The SMILES string of the molecule is CCCn1ncc(OC)c1C(=O)c1cnsn1. The van der Waals surface area contributed by atoms with Gasteiger partial charge in [0.1, 0.15) is 5.69 Å². The fourth-order valence-electron chi connectivity index (χ4n) is 1.51. The van der Waals surface area contributed by atoms with Gasteiger partial charge in [0.25, 0.3) is 0 Å². The Kier molecular flexibility index (Phi) is 3.48. The summed E-state index contributed by atoms with van der Waals surface area (Å²) in [5.74, 6) is 0.262. The van der Waals surface area contributed by atoms with Crippen molar-refractivity contribution in [1.29, 1.82) is 0 Å². The first kappa shape index (κ1) is 11.7. The Balaban J connectivity index is 2.42. The maximum atomic E-state index is 12.2. The number of hydrogen-bond donors (Lipinski definition) is 0. The first-order valence-corrected chi connectivity index (χ1v) is 5.93. The zero-order valence-corrected chi connectivity index (χ0v) is 10.4. The summed E-state index contributed by atoms with van der Waals surface area (Å²) in [7, 11) is 1.52. The molecule has 0 unspecified atom stereocenters. The van der Waals surface area contributed by atoms with Crippen LogP contribution < -0.4 is 4.74 Å². The van der Waals surface area contributed by atoms with Crippen molar-refractivity contribution in [1.82, 2.24) is 18.5 Å². The van der Waals surface area contributed by atoms with Crippen LogP contribution in [0.5, 0.6) is 5.75 Å². The smallest absolute Gasteiger partial charge is 0.235 e. The number of hydrogen-bond acceptors (Lipinski definition) is 6. The lowest BCUT2D eigenvalue weighted by atomic mass is 10.2. The maximum absolute atomic E-state index is 12.2. The van der Waals surface area contributed by atoms with Gasteiger partial charge in [0.05, 0.1) is 31.2 Å². The van der Waals surface area contributed by atoms with Crippen molar-refractivity contribution in [3.63, 3.8) is 0 Å². The first-order chi connectivity index (χ1) is 8.27. The van der Waals surface area contributed by atoms with Crippen molar-refractivity contribution < 1.29 is 9.53 Å². The third-order valence-corrected chi connectivity index (χ3v) is 2.75. The van der Waals surface area contributed by atoms with Crippen molar-refractivity contribution in [2.75, 3.05) is 7.11 Å². The van der Waals surface area contributed by atoms with Crippen molar-refractivity contribution in [2.45, 2.75) is 19.9 Å². The number of nitrogens with zero attached hydrogens (tertiary/aromatic N) is 4. The number of methoxy groups -OCH3 is 1. The molecule has 0 amide bonds. The van der Waals surface area contributed by atoms with Crippen LogP contribution >= 0.6 is 11.7 Å². The van der Waals surface area contributed by atoms with Gasteiger partial charge in [-0.25, -0.2) is 0 Å². The number of rotatable bonds is 5. The van der Waals surface area contributed by atoms with Crippen LogP contribution in [0.15, 0.2) is 12.4 Å². The third kappa shape index (κ3) is 2.19. The highest BCUT2D eigenvalue weighted by Gasteiger charge is 2.22. The Morgan fingerprint density at radius 2 is 2.35 bits per heavy atom. The predicted octanol–water partition coefficient (Wildman–Crippen LogP) is 1.38.